The highest BCUT2D eigenvalue weighted by Gasteiger charge is 2.33. The first kappa shape index (κ1) is 20.9. The van der Waals surface area contributed by atoms with Gasteiger partial charge >= 0.3 is 5.97 Å². The Kier molecular flexibility index (Phi) is 7.40. The molecule has 5 nitrogen and oxygen atoms in total. The summed E-state index contributed by atoms with van der Waals surface area (Å²) in [6.07, 6.45) is 2.95. The molecule has 0 radical (unpaired) electrons. The number of carboxylic acids is 1. The van der Waals surface area contributed by atoms with Gasteiger partial charge in [0.15, 0.2) is 15.1 Å². The van der Waals surface area contributed by atoms with E-state index in [4.69, 9.17) is 16.9 Å². The molecule has 0 spiro atoms. The molecule has 2 aromatic rings. The lowest BCUT2D eigenvalue weighted by molar-refractivity contribution is -0.136. The molecule has 0 aliphatic heterocycles. The van der Waals surface area contributed by atoms with Gasteiger partial charge in [-0.05, 0) is 61.2 Å². The Bertz CT molecular complexity index is 916. The second kappa shape index (κ2) is 9.54. The summed E-state index contributed by atoms with van der Waals surface area (Å²) in [6, 6.07) is 14.7. The van der Waals surface area contributed by atoms with E-state index in [2.05, 4.69) is 0 Å². The normalized spacial score (nSPS) is 12.3. The van der Waals surface area contributed by atoms with Gasteiger partial charge in [0.05, 0.1) is 16.5 Å². The van der Waals surface area contributed by atoms with Crippen LogP contribution >= 0.6 is 11.6 Å². The first-order valence-corrected chi connectivity index (χ1v) is 10.5. The number of carboxylic acid groups (broad SMARTS) is 1. The summed E-state index contributed by atoms with van der Waals surface area (Å²) < 4.78 is 25.2. The zero-order valence-electron chi connectivity index (χ0n) is 14.6. The van der Waals surface area contributed by atoms with Crippen LogP contribution in [0.25, 0.3) is 0 Å². The topological polar surface area (TPSA) is 95.2 Å². The Morgan fingerprint density at radius 2 is 1.67 bits per heavy atom. The summed E-state index contributed by atoms with van der Waals surface area (Å²) in [5.41, 5.74) is 1.46. The third-order valence-corrected chi connectivity index (χ3v) is 6.67. The monoisotopic (exact) mass is 405 g/mol. The van der Waals surface area contributed by atoms with Crippen LogP contribution in [-0.4, -0.2) is 24.7 Å². The van der Waals surface area contributed by atoms with E-state index in [1.807, 2.05) is 30.3 Å². The number of nitriles is 1. The number of aryl methyl sites for hydroxylation is 1. The third-order valence-electron chi connectivity index (χ3n) is 4.31. The molecule has 0 fully saturated rings. The molecular weight excluding hydrogens is 386 g/mol. The van der Waals surface area contributed by atoms with Crippen LogP contribution in [0.5, 0.6) is 0 Å². The smallest absolute Gasteiger partial charge is 0.322 e. The average Bonchev–Trinajstić information content (AvgIpc) is 2.65. The average molecular weight is 406 g/mol. The molecule has 7 heteroatoms. The zero-order valence-corrected chi connectivity index (χ0v) is 16.2. The van der Waals surface area contributed by atoms with E-state index in [0.29, 0.717) is 17.0 Å². The fourth-order valence-electron chi connectivity index (χ4n) is 2.78. The van der Waals surface area contributed by atoms with Crippen molar-refractivity contribution < 1.29 is 18.3 Å². The lowest BCUT2D eigenvalue weighted by Gasteiger charge is -2.13. The highest BCUT2D eigenvalue weighted by molar-refractivity contribution is 7.92. The van der Waals surface area contributed by atoms with Crippen molar-refractivity contribution >= 4 is 27.4 Å². The number of hydrogen-bond acceptors (Lipinski definition) is 4. The van der Waals surface area contributed by atoms with Crippen molar-refractivity contribution in [2.24, 2.45) is 0 Å². The van der Waals surface area contributed by atoms with Gasteiger partial charge in [0.25, 0.3) is 0 Å². The molecule has 0 heterocycles. The first-order valence-electron chi connectivity index (χ1n) is 8.56. The minimum atomic E-state index is -3.99. The van der Waals surface area contributed by atoms with Gasteiger partial charge in [0, 0.05) is 5.02 Å². The van der Waals surface area contributed by atoms with Crippen LogP contribution in [0.4, 0.5) is 0 Å². The van der Waals surface area contributed by atoms with E-state index in [1.54, 1.807) is 0 Å². The molecular formula is C20H20ClNO4S. The summed E-state index contributed by atoms with van der Waals surface area (Å²) in [7, 11) is -3.99. The number of aliphatic carboxylic acids is 1. The van der Waals surface area contributed by atoms with Crippen molar-refractivity contribution in [2.45, 2.75) is 42.2 Å². The number of benzene rings is 2. The molecule has 1 N–H and O–H groups in total. The van der Waals surface area contributed by atoms with E-state index in [0.717, 1.165) is 24.8 Å². The van der Waals surface area contributed by atoms with Crippen LogP contribution in [0.1, 0.15) is 36.8 Å². The van der Waals surface area contributed by atoms with Gasteiger partial charge in [-0.25, -0.2) is 8.42 Å². The number of halogens is 1. The van der Waals surface area contributed by atoms with Gasteiger partial charge in [-0.1, -0.05) is 36.6 Å². The maximum Gasteiger partial charge on any atom is 0.322 e. The van der Waals surface area contributed by atoms with E-state index in [9.17, 15) is 18.3 Å². The predicted octanol–water partition coefficient (Wildman–Crippen LogP) is 4.24. The second-order valence-corrected chi connectivity index (χ2v) is 8.80. The van der Waals surface area contributed by atoms with Crippen molar-refractivity contribution in [1.82, 2.24) is 0 Å². The van der Waals surface area contributed by atoms with E-state index in [-0.39, 0.29) is 11.3 Å². The molecule has 0 aromatic heterocycles. The molecule has 1 unspecified atom stereocenters. The largest absolute Gasteiger partial charge is 0.480 e. The molecule has 1 atom stereocenters. The van der Waals surface area contributed by atoms with Gasteiger partial charge < -0.3 is 5.11 Å². The van der Waals surface area contributed by atoms with Gasteiger partial charge in [-0.2, -0.15) is 5.26 Å². The fourth-order valence-corrected chi connectivity index (χ4v) is 4.49. The highest BCUT2D eigenvalue weighted by Crippen LogP contribution is 2.22. The number of rotatable bonds is 9. The quantitative estimate of drug-likeness (QED) is 0.629. The number of carbonyl (C=O) groups is 1. The molecule has 0 aliphatic rings. The Labute approximate surface area is 164 Å². The van der Waals surface area contributed by atoms with Crippen LogP contribution in [0.15, 0.2) is 53.4 Å². The first-order chi connectivity index (χ1) is 12.8. The number of nitrogens with zero attached hydrogens (tertiary/aromatic N) is 1. The molecule has 2 rings (SSSR count). The summed E-state index contributed by atoms with van der Waals surface area (Å²) >= 11 is 5.84. The maximum atomic E-state index is 12.6. The molecule has 27 heavy (non-hydrogen) atoms. The summed E-state index contributed by atoms with van der Waals surface area (Å²) in [5, 5.41) is 17.4. The molecule has 142 valence electrons. The molecule has 0 amide bonds. The van der Waals surface area contributed by atoms with Crippen molar-refractivity contribution in [3.05, 3.63) is 64.7 Å². The summed E-state index contributed by atoms with van der Waals surface area (Å²) in [4.78, 5) is 11.4. The summed E-state index contributed by atoms with van der Waals surface area (Å²) in [6.45, 7) is 0. The Morgan fingerprint density at radius 1 is 1.04 bits per heavy atom. The lowest BCUT2D eigenvalue weighted by atomic mass is 10.1. The van der Waals surface area contributed by atoms with Crippen molar-refractivity contribution in [3.63, 3.8) is 0 Å². The molecule has 0 saturated carbocycles. The van der Waals surface area contributed by atoms with Crippen molar-refractivity contribution in [3.8, 4) is 6.07 Å². The standard InChI is InChI=1S/C20H20ClNO4S/c21-17-10-6-15(7-11-17)4-2-1-3-5-19(20(23)24)27(25,26)18-12-8-16(14-22)9-13-18/h6-13,19H,1-5H2,(H,23,24). The van der Waals surface area contributed by atoms with E-state index >= 15 is 0 Å². The van der Waals surface area contributed by atoms with Crippen LogP contribution in [0.2, 0.25) is 5.02 Å². The van der Waals surface area contributed by atoms with Gasteiger partial charge in [-0.15, -0.1) is 0 Å². The minimum absolute atomic E-state index is 0.0539. The van der Waals surface area contributed by atoms with Crippen LogP contribution < -0.4 is 0 Å². The van der Waals surface area contributed by atoms with E-state index < -0.39 is 21.1 Å². The van der Waals surface area contributed by atoms with Crippen LogP contribution in [-0.2, 0) is 21.1 Å². The Morgan fingerprint density at radius 3 is 2.22 bits per heavy atom. The molecule has 0 aliphatic carbocycles. The Balaban J connectivity index is 1.93. The van der Waals surface area contributed by atoms with Crippen LogP contribution in [0, 0.1) is 11.3 Å². The second-order valence-electron chi connectivity index (χ2n) is 6.23. The number of sulfone groups is 1. The van der Waals surface area contributed by atoms with Crippen LogP contribution in [0.3, 0.4) is 0 Å². The molecule has 2 aromatic carbocycles. The zero-order chi connectivity index (χ0) is 19.9. The Hall–Kier alpha value is -2.36. The highest BCUT2D eigenvalue weighted by atomic mass is 35.5. The van der Waals surface area contributed by atoms with Gasteiger partial charge in [-0.3, -0.25) is 4.79 Å². The SMILES string of the molecule is N#Cc1ccc(S(=O)(=O)C(CCCCCc2ccc(Cl)cc2)C(=O)O)cc1. The van der Waals surface area contributed by atoms with Crippen molar-refractivity contribution in [2.75, 3.05) is 0 Å². The maximum absolute atomic E-state index is 12.6. The fraction of sp³-hybridized carbons (Fsp3) is 0.300. The van der Waals surface area contributed by atoms with Gasteiger partial charge in [0.1, 0.15) is 0 Å². The van der Waals surface area contributed by atoms with Crippen molar-refractivity contribution in [1.29, 1.82) is 5.26 Å². The summed E-state index contributed by atoms with van der Waals surface area (Å²) in [5.74, 6) is -1.35. The minimum Gasteiger partial charge on any atom is -0.480 e. The molecule has 0 bridgehead atoms. The number of hydrogen-bond donors (Lipinski definition) is 1. The third kappa shape index (κ3) is 5.81. The predicted molar refractivity (Wildman–Crippen MR) is 103 cm³/mol. The molecule has 0 saturated heterocycles. The van der Waals surface area contributed by atoms with E-state index in [1.165, 1.54) is 24.3 Å². The lowest BCUT2D eigenvalue weighted by Crippen LogP contribution is -2.30. The number of unbranched alkanes of at least 4 members (excludes halogenated alkanes) is 2. The van der Waals surface area contributed by atoms with Gasteiger partial charge in [0.2, 0.25) is 0 Å².